The van der Waals surface area contributed by atoms with Gasteiger partial charge in [0, 0.05) is 43.4 Å². The molecule has 0 radical (unpaired) electrons. The summed E-state index contributed by atoms with van der Waals surface area (Å²) in [5.41, 5.74) is 18.9. The number of nitrogens with zero attached hydrogens (tertiary/aromatic N) is 6. The SMILES string of the molecule is CCCCOC(=O)[C@@H]1O[C@@H](O[C@@H](C)[C@H](CO)O[C@H](OC)[C@H](CO)N=[N+]=[N-])[C@@H](OCCCC)C(OCCCC)[C@@H]1O[C@H]1O[C@@H](CO)[C@@H](OCCCC)[C@H](OCCCC)C1N=[N+]=[N-]. The lowest BCUT2D eigenvalue weighted by molar-refractivity contribution is -0.359. The molecule has 2 heterocycles. The third-order valence-electron chi connectivity index (χ3n) is 10.3. The van der Waals surface area contributed by atoms with Crippen LogP contribution in [-0.2, 0) is 56.9 Å². The molecule has 2 rings (SSSR count). The molecule has 2 aliphatic rings. The van der Waals surface area contributed by atoms with Gasteiger partial charge in [0.2, 0.25) is 0 Å². The van der Waals surface area contributed by atoms with E-state index in [4.69, 9.17) is 57.6 Å². The summed E-state index contributed by atoms with van der Waals surface area (Å²) in [5.74, 6) is -0.795. The maximum Gasteiger partial charge on any atom is 0.338 e. The van der Waals surface area contributed by atoms with Gasteiger partial charge in [0.25, 0.3) is 0 Å². The Morgan fingerprint density at radius 1 is 0.705 bits per heavy atom. The summed E-state index contributed by atoms with van der Waals surface area (Å²) in [7, 11) is 1.29. The Bertz CT molecular complexity index is 1270. The average molecular weight is 879 g/mol. The molecule has 0 aromatic heterocycles. The summed E-state index contributed by atoms with van der Waals surface area (Å²) in [6.45, 7) is 11.1. The number of carbonyl (C=O) groups is 1. The highest BCUT2D eigenvalue weighted by Crippen LogP contribution is 2.36. The first-order valence-corrected chi connectivity index (χ1v) is 22.0. The van der Waals surface area contributed by atoms with Crippen molar-refractivity contribution in [2.75, 3.05) is 60.0 Å². The van der Waals surface area contributed by atoms with Crippen molar-refractivity contribution in [2.45, 2.75) is 192 Å². The van der Waals surface area contributed by atoms with Gasteiger partial charge in [-0.15, -0.1) is 0 Å². The molecule has 0 bridgehead atoms. The fourth-order valence-electron chi connectivity index (χ4n) is 6.68. The number of unbranched alkanes of at least 4 members (excludes halogenated alkanes) is 5. The zero-order valence-electron chi connectivity index (χ0n) is 37.2. The molecular weight excluding hydrogens is 804 g/mol. The minimum absolute atomic E-state index is 0.0790. The first-order valence-electron chi connectivity index (χ1n) is 22.0. The number of methoxy groups -OCH3 is 1. The van der Waals surface area contributed by atoms with Gasteiger partial charge < -0.3 is 67.4 Å². The van der Waals surface area contributed by atoms with Gasteiger partial charge in [0.05, 0.1) is 38.6 Å². The van der Waals surface area contributed by atoms with Gasteiger partial charge in [-0.3, -0.25) is 0 Å². The number of rotatable bonds is 34. The number of esters is 1. The Kier molecular flexibility index (Phi) is 28.9. The molecular formula is C40H74N6O15. The van der Waals surface area contributed by atoms with Crippen molar-refractivity contribution in [3.8, 4) is 0 Å². The molecule has 2 aliphatic heterocycles. The quantitative estimate of drug-likeness (QED) is 0.0191. The molecule has 3 N–H and O–H groups in total. The molecule has 21 nitrogen and oxygen atoms in total. The van der Waals surface area contributed by atoms with Crippen LogP contribution in [0.4, 0.5) is 0 Å². The van der Waals surface area contributed by atoms with E-state index in [-0.39, 0.29) is 19.8 Å². The summed E-state index contributed by atoms with van der Waals surface area (Å²) >= 11 is 0. The van der Waals surface area contributed by atoms with E-state index in [1.807, 2.05) is 34.6 Å². The summed E-state index contributed by atoms with van der Waals surface area (Å²) in [6, 6.07) is -2.29. The van der Waals surface area contributed by atoms with Crippen molar-refractivity contribution in [2.24, 2.45) is 10.2 Å². The summed E-state index contributed by atoms with van der Waals surface area (Å²) in [5, 5.41) is 38.5. The molecule has 2 saturated heterocycles. The van der Waals surface area contributed by atoms with E-state index in [9.17, 15) is 25.6 Å². The van der Waals surface area contributed by atoms with E-state index in [0.29, 0.717) is 38.9 Å². The maximum atomic E-state index is 14.2. The molecule has 14 atom stereocenters. The van der Waals surface area contributed by atoms with Crippen molar-refractivity contribution >= 4 is 5.97 Å². The Labute approximate surface area is 360 Å². The van der Waals surface area contributed by atoms with Crippen LogP contribution in [0.1, 0.15) is 106 Å². The second-order valence-corrected chi connectivity index (χ2v) is 15.0. The maximum absolute atomic E-state index is 14.2. The average Bonchev–Trinajstić information content (AvgIpc) is 3.26. The van der Waals surface area contributed by atoms with Crippen LogP contribution < -0.4 is 0 Å². The molecule has 2 unspecified atom stereocenters. The van der Waals surface area contributed by atoms with Crippen LogP contribution in [0.2, 0.25) is 0 Å². The van der Waals surface area contributed by atoms with E-state index in [2.05, 4.69) is 20.1 Å². The van der Waals surface area contributed by atoms with E-state index in [0.717, 1.165) is 38.5 Å². The van der Waals surface area contributed by atoms with E-state index in [1.54, 1.807) is 6.92 Å². The first kappa shape index (κ1) is 54.7. The fraction of sp³-hybridized carbons (Fsp3) is 0.975. The highest BCUT2D eigenvalue weighted by atomic mass is 16.8. The minimum atomic E-state index is -1.53. The van der Waals surface area contributed by atoms with Crippen LogP contribution in [0.5, 0.6) is 0 Å². The molecule has 0 aromatic carbocycles. The van der Waals surface area contributed by atoms with Crippen LogP contribution in [0.3, 0.4) is 0 Å². The van der Waals surface area contributed by atoms with Crippen molar-refractivity contribution in [1.82, 2.24) is 0 Å². The number of ether oxygens (including phenoxy) is 11. The highest BCUT2D eigenvalue weighted by Gasteiger charge is 2.56. The Morgan fingerprint density at radius 3 is 1.77 bits per heavy atom. The van der Waals surface area contributed by atoms with Gasteiger partial charge >= 0.3 is 5.97 Å². The lowest BCUT2D eigenvalue weighted by Crippen LogP contribution is -2.67. The van der Waals surface area contributed by atoms with Gasteiger partial charge in [-0.05, 0) is 50.1 Å². The van der Waals surface area contributed by atoms with Gasteiger partial charge in [0.1, 0.15) is 48.7 Å². The summed E-state index contributed by atoms with van der Waals surface area (Å²) in [6.07, 6.45) is -6.56. The smallest absolute Gasteiger partial charge is 0.338 e. The highest BCUT2D eigenvalue weighted by molar-refractivity contribution is 5.76. The lowest BCUT2D eigenvalue weighted by atomic mass is 9.95. The van der Waals surface area contributed by atoms with Crippen LogP contribution >= 0.6 is 0 Å². The van der Waals surface area contributed by atoms with E-state index < -0.39 is 112 Å². The number of azide groups is 2. The second kappa shape index (κ2) is 32.3. The van der Waals surface area contributed by atoms with Gasteiger partial charge in [0.15, 0.2) is 25.0 Å². The van der Waals surface area contributed by atoms with Crippen molar-refractivity contribution in [3.63, 3.8) is 0 Å². The number of hydrogen-bond donors (Lipinski definition) is 3. The van der Waals surface area contributed by atoms with Crippen molar-refractivity contribution in [1.29, 1.82) is 0 Å². The monoisotopic (exact) mass is 879 g/mol. The number of hydrogen-bond acceptors (Lipinski definition) is 17. The van der Waals surface area contributed by atoms with Crippen LogP contribution in [0.15, 0.2) is 10.2 Å². The molecule has 61 heavy (non-hydrogen) atoms. The van der Waals surface area contributed by atoms with E-state index in [1.165, 1.54) is 7.11 Å². The number of aliphatic hydroxyl groups is 3. The first-order chi connectivity index (χ1) is 29.7. The lowest BCUT2D eigenvalue weighted by Gasteiger charge is -2.49. The fourth-order valence-corrected chi connectivity index (χ4v) is 6.68. The molecule has 0 amide bonds. The zero-order chi connectivity index (χ0) is 45.0. The molecule has 0 saturated carbocycles. The van der Waals surface area contributed by atoms with Gasteiger partial charge in [-0.25, -0.2) is 4.79 Å². The molecule has 0 aliphatic carbocycles. The predicted octanol–water partition coefficient (Wildman–Crippen LogP) is 5.00. The Morgan fingerprint density at radius 2 is 1.26 bits per heavy atom. The van der Waals surface area contributed by atoms with Crippen LogP contribution in [0, 0.1) is 0 Å². The molecule has 2 fully saturated rings. The second-order valence-electron chi connectivity index (χ2n) is 15.0. The Hall–Kier alpha value is -2.43. The predicted molar refractivity (Wildman–Crippen MR) is 220 cm³/mol. The third-order valence-corrected chi connectivity index (χ3v) is 10.3. The van der Waals surface area contributed by atoms with Crippen molar-refractivity contribution < 1.29 is 72.2 Å². The molecule has 21 heteroatoms. The van der Waals surface area contributed by atoms with Crippen LogP contribution in [0.25, 0.3) is 20.9 Å². The van der Waals surface area contributed by atoms with Crippen molar-refractivity contribution in [3.05, 3.63) is 20.9 Å². The molecule has 354 valence electrons. The normalized spacial score (nSPS) is 28.6. The van der Waals surface area contributed by atoms with E-state index >= 15 is 0 Å². The Balaban J connectivity index is 2.72. The minimum Gasteiger partial charge on any atom is -0.464 e. The number of aliphatic hydroxyl groups excluding tert-OH is 3. The molecule has 0 spiro atoms. The topological polar surface area (TPSA) is 277 Å². The zero-order valence-corrected chi connectivity index (χ0v) is 37.2. The van der Waals surface area contributed by atoms with Gasteiger partial charge in [-0.1, -0.05) is 77.0 Å². The molecule has 0 aromatic rings. The van der Waals surface area contributed by atoms with Crippen LogP contribution in [-0.4, -0.2) is 167 Å². The third kappa shape index (κ3) is 17.6. The summed E-state index contributed by atoms with van der Waals surface area (Å²) in [4.78, 5) is 20.0. The standard InChI is InChI=1S/C40H74N6O15/c1-8-13-18-52-31-29(25-49)59-39(30(44-46-42)32(31)53-19-14-9-2)60-34-33(54-20-15-10-3)36(55-21-16-11-4)40(61-35(34)37(50)56-22-17-12-5)57-26(6)28(24-48)58-38(51-7)27(23-47)43-45-41/h26-36,38-40,47-49H,8-25H2,1-7H3/t26-,27-,28-,29-,30?,31+,32+,33?,34-,35+,36-,38-,39+,40+/m0/s1. The number of carbonyl (C=O) groups excluding carboxylic acids is 1. The van der Waals surface area contributed by atoms with Gasteiger partial charge in [-0.2, -0.15) is 0 Å². The summed E-state index contributed by atoms with van der Waals surface area (Å²) < 4.78 is 68.7. The largest absolute Gasteiger partial charge is 0.464 e.